The first-order valence-electron chi connectivity index (χ1n) is 14.8. The molecule has 0 bridgehead atoms. The van der Waals surface area contributed by atoms with E-state index in [4.69, 9.17) is 14.3 Å². The number of likely N-dealkylation sites (N-methyl/N-ethyl adjacent to an activating group) is 2. The number of hydroxylamine groups is 1. The van der Waals surface area contributed by atoms with E-state index in [-0.39, 0.29) is 0 Å². The number of methoxy groups -OCH3 is 1. The van der Waals surface area contributed by atoms with Crippen molar-refractivity contribution in [1.29, 1.82) is 0 Å². The third-order valence-corrected chi connectivity index (χ3v) is 8.22. The van der Waals surface area contributed by atoms with Crippen molar-refractivity contribution in [2.24, 2.45) is 0 Å². The summed E-state index contributed by atoms with van der Waals surface area (Å²) in [4.78, 5) is 48.3. The average Bonchev–Trinajstić information content (AvgIpc) is 3.06. The maximum atomic E-state index is 13.4. The fraction of sp³-hybridized carbons (Fsp3) is 0.485. The van der Waals surface area contributed by atoms with Gasteiger partial charge in [-0.1, -0.05) is 24.0 Å². The third kappa shape index (κ3) is 8.21. The van der Waals surface area contributed by atoms with Crippen LogP contribution in [0.15, 0.2) is 48.5 Å². The quantitative estimate of drug-likeness (QED) is 0.263. The first-order valence-corrected chi connectivity index (χ1v) is 14.8. The van der Waals surface area contributed by atoms with Crippen LogP contribution in [0.2, 0.25) is 0 Å². The molecule has 2 atom stereocenters. The van der Waals surface area contributed by atoms with Gasteiger partial charge in [0.05, 0.1) is 6.10 Å². The van der Waals surface area contributed by atoms with Gasteiger partial charge in [0.15, 0.2) is 11.8 Å². The van der Waals surface area contributed by atoms with Crippen LogP contribution < -0.4 is 10.8 Å². The number of carbonyl (C=O) groups is 3. The first-order chi connectivity index (χ1) is 20.7. The Labute approximate surface area is 254 Å². The maximum absolute atomic E-state index is 13.4. The summed E-state index contributed by atoms with van der Waals surface area (Å²) in [6, 6.07) is 15.0. The van der Waals surface area contributed by atoms with E-state index in [1.807, 2.05) is 12.1 Å². The second-order valence-corrected chi connectivity index (χ2v) is 11.1. The summed E-state index contributed by atoms with van der Waals surface area (Å²) >= 11 is 0. The Hall–Kier alpha value is -3.75. The molecule has 2 aromatic rings. The van der Waals surface area contributed by atoms with Crippen molar-refractivity contribution in [3.05, 3.63) is 70.8 Å². The lowest BCUT2D eigenvalue weighted by molar-refractivity contribution is -0.204. The minimum atomic E-state index is -1.87. The van der Waals surface area contributed by atoms with Gasteiger partial charge in [-0.2, -0.15) is 0 Å². The van der Waals surface area contributed by atoms with Crippen LogP contribution in [0.3, 0.4) is 0 Å². The molecule has 0 spiro atoms. The lowest BCUT2D eigenvalue weighted by Gasteiger charge is -2.36. The summed E-state index contributed by atoms with van der Waals surface area (Å²) in [7, 11) is 4.60. The van der Waals surface area contributed by atoms with Gasteiger partial charge in [-0.15, -0.1) is 0 Å². The van der Waals surface area contributed by atoms with E-state index in [0.717, 1.165) is 61.3 Å². The minimum Gasteiger partial charge on any atom is -0.381 e. The van der Waals surface area contributed by atoms with Gasteiger partial charge in [0.25, 0.3) is 17.7 Å². The monoisotopic (exact) mass is 590 g/mol. The minimum absolute atomic E-state index is 0.311. The Bertz CT molecular complexity index is 1310. The molecule has 0 aromatic heterocycles. The van der Waals surface area contributed by atoms with Crippen molar-refractivity contribution >= 4 is 17.7 Å². The highest BCUT2D eigenvalue weighted by atomic mass is 16.8. The number of nitrogens with zero attached hydrogens (tertiary/aromatic N) is 2. The number of piperidine rings is 1. The highest BCUT2D eigenvalue weighted by Crippen LogP contribution is 2.20. The summed E-state index contributed by atoms with van der Waals surface area (Å²) in [5.41, 5.74) is 3.64. The highest BCUT2D eigenvalue weighted by molar-refractivity contribution is 6.12. The standard InChI is InChI=1S/C33H42N4O6/c1-33(31(39)34-2,32(40)35-43-29-7-5-6-22-42-29)36(3)30(38)27-16-14-25(15-17-27)9-8-24-10-12-26(13-11-24)23-37-20-18-28(41-4)19-21-37/h10-17,28-29H,5-7,18-23H2,1-4H3,(H,34,39)(H,35,40). The van der Waals surface area contributed by atoms with Crippen LogP contribution in [0.1, 0.15) is 66.1 Å². The average molecular weight is 591 g/mol. The number of nitrogens with one attached hydrogen (secondary N) is 2. The Morgan fingerprint density at radius 3 is 2.16 bits per heavy atom. The molecule has 2 N–H and O–H groups in total. The maximum Gasteiger partial charge on any atom is 0.279 e. The first kappa shape index (κ1) is 32.2. The van der Waals surface area contributed by atoms with Gasteiger partial charge in [0, 0.05) is 70.6 Å². The van der Waals surface area contributed by atoms with E-state index in [1.54, 1.807) is 31.4 Å². The number of benzene rings is 2. The molecule has 230 valence electrons. The van der Waals surface area contributed by atoms with Gasteiger partial charge in [-0.05, 0) is 74.6 Å². The zero-order chi connectivity index (χ0) is 30.8. The van der Waals surface area contributed by atoms with Gasteiger partial charge >= 0.3 is 0 Å². The van der Waals surface area contributed by atoms with Crippen molar-refractivity contribution in [2.75, 3.05) is 40.9 Å². The molecule has 4 rings (SSSR count). The van der Waals surface area contributed by atoms with Gasteiger partial charge in [0.1, 0.15) is 0 Å². The molecule has 2 heterocycles. The van der Waals surface area contributed by atoms with Crippen molar-refractivity contribution in [2.45, 2.75) is 63.5 Å². The SMILES string of the molecule is CNC(=O)C(C)(C(=O)NOC1CCCCO1)N(C)C(=O)c1ccc(C#Cc2ccc(CN3CCC(OC)CC3)cc2)cc1. The van der Waals surface area contributed by atoms with Crippen LogP contribution >= 0.6 is 0 Å². The predicted octanol–water partition coefficient (Wildman–Crippen LogP) is 2.85. The van der Waals surface area contributed by atoms with Gasteiger partial charge < -0.3 is 19.7 Å². The molecule has 2 unspecified atom stereocenters. The Balaban J connectivity index is 1.36. The summed E-state index contributed by atoms with van der Waals surface area (Å²) in [5.74, 6) is 4.38. The molecule has 2 aliphatic rings. The topological polar surface area (TPSA) is 109 Å². The molecule has 0 radical (unpaired) electrons. The van der Waals surface area contributed by atoms with Gasteiger partial charge in [-0.25, -0.2) is 10.3 Å². The lowest BCUT2D eigenvalue weighted by Crippen LogP contribution is -2.65. The van der Waals surface area contributed by atoms with Crippen molar-refractivity contribution in [3.8, 4) is 11.8 Å². The van der Waals surface area contributed by atoms with Crippen LogP contribution in [0.4, 0.5) is 0 Å². The Kier molecular flexibility index (Phi) is 11.3. The van der Waals surface area contributed by atoms with Crippen molar-refractivity contribution < 1.29 is 28.7 Å². The zero-order valence-electron chi connectivity index (χ0n) is 25.5. The van der Waals surface area contributed by atoms with E-state index in [0.29, 0.717) is 24.7 Å². The Morgan fingerprint density at radius 2 is 1.60 bits per heavy atom. The van der Waals surface area contributed by atoms with E-state index in [9.17, 15) is 14.4 Å². The number of amides is 3. The second kappa shape index (κ2) is 15.1. The molecule has 2 aliphatic heterocycles. The molecule has 10 heteroatoms. The molecule has 2 saturated heterocycles. The molecule has 43 heavy (non-hydrogen) atoms. The van der Waals surface area contributed by atoms with Gasteiger partial charge in [0.2, 0.25) is 0 Å². The largest absolute Gasteiger partial charge is 0.381 e. The van der Waals surface area contributed by atoms with Crippen LogP contribution in [0.25, 0.3) is 0 Å². The number of rotatable bonds is 9. The summed E-state index contributed by atoms with van der Waals surface area (Å²) in [6.07, 6.45) is 4.37. The number of hydrogen-bond donors (Lipinski definition) is 2. The Morgan fingerprint density at radius 1 is 0.977 bits per heavy atom. The third-order valence-electron chi connectivity index (χ3n) is 8.22. The molecule has 2 aromatic carbocycles. The summed E-state index contributed by atoms with van der Waals surface area (Å²) in [6.45, 7) is 4.90. The molecule has 10 nitrogen and oxygen atoms in total. The fourth-order valence-electron chi connectivity index (χ4n) is 5.17. The number of ether oxygens (including phenoxy) is 2. The summed E-state index contributed by atoms with van der Waals surface area (Å²) in [5, 5.41) is 2.47. The fourth-order valence-corrected chi connectivity index (χ4v) is 5.17. The molecule has 3 amide bonds. The summed E-state index contributed by atoms with van der Waals surface area (Å²) < 4.78 is 10.9. The van der Waals surface area contributed by atoms with Crippen molar-refractivity contribution in [3.63, 3.8) is 0 Å². The van der Waals surface area contributed by atoms with E-state index >= 15 is 0 Å². The second-order valence-electron chi connectivity index (χ2n) is 11.1. The van der Waals surface area contributed by atoms with E-state index < -0.39 is 29.6 Å². The van der Waals surface area contributed by atoms with Crippen LogP contribution in [-0.4, -0.2) is 86.4 Å². The lowest BCUT2D eigenvalue weighted by atomic mass is 9.96. The predicted molar refractivity (Wildman–Crippen MR) is 162 cm³/mol. The number of carbonyl (C=O) groups excluding carboxylic acids is 3. The van der Waals surface area contributed by atoms with Gasteiger partial charge in [-0.3, -0.25) is 19.3 Å². The van der Waals surface area contributed by atoms with Crippen LogP contribution in [0, 0.1) is 11.8 Å². The zero-order valence-corrected chi connectivity index (χ0v) is 25.5. The van der Waals surface area contributed by atoms with E-state index in [2.05, 4.69) is 39.7 Å². The normalized spacial score (nSPS) is 18.9. The molecular weight excluding hydrogens is 548 g/mol. The van der Waals surface area contributed by atoms with Crippen LogP contribution in [-0.2, 0) is 30.4 Å². The van der Waals surface area contributed by atoms with Crippen molar-refractivity contribution in [1.82, 2.24) is 20.6 Å². The number of likely N-dealkylation sites (tertiary alicyclic amines) is 1. The number of hydrogen-bond acceptors (Lipinski definition) is 7. The molecule has 2 fully saturated rings. The van der Waals surface area contributed by atoms with E-state index in [1.165, 1.54) is 26.6 Å². The smallest absolute Gasteiger partial charge is 0.279 e. The van der Waals surface area contributed by atoms with Crippen LogP contribution in [0.5, 0.6) is 0 Å². The molecular formula is C33H42N4O6. The molecule has 0 saturated carbocycles. The highest BCUT2D eigenvalue weighted by Gasteiger charge is 2.47. The molecule has 0 aliphatic carbocycles.